The minimum atomic E-state index is -0.744. The maximum atomic E-state index is 8.28. The Morgan fingerprint density at radius 2 is 2.17 bits per heavy atom. The second-order valence-corrected chi connectivity index (χ2v) is 1.30. The van der Waals surface area contributed by atoms with Gasteiger partial charge in [0.1, 0.15) is 0 Å². The largest absolute Gasteiger partial charge is 0.394 e. The third-order valence-corrected chi connectivity index (χ3v) is 0.745. The first kappa shape index (κ1) is 6.21. The fraction of sp³-hybridized carbons (Fsp3) is 1.00. The van der Waals surface area contributed by atoms with Crippen molar-refractivity contribution in [1.29, 1.82) is 0 Å². The zero-order valence-electron chi connectivity index (χ0n) is 3.26. The Morgan fingerprint density at radius 3 is 2.17 bits per heavy atom. The fourth-order valence-electron chi connectivity index (χ4n) is 0.0488. The van der Waals surface area contributed by atoms with E-state index in [-0.39, 0.29) is 12.5 Å². The highest BCUT2D eigenvalue weighted by Crippen LogP contribution is 1.81. The topological polar surface area (TPSA) is 40.5 Å². The summed E-state index contributed by atoms with van der Waals surface area (Å²) in [5.41, 5.74) is 0. The zero-order valence-corrected chi connectivity index (χ0v) is 4.02. The quantitative estimate of drug-likeness (QED) is 0.377. The fourth-order valence-corrected chi connectivity index (χ4v) is 0.146. The average molecular weight is 114 g/mol. The van der Waals surface area contributed by atoms with Gasteiger partial charge in [-0.3, -0.25) is 0 Å². The van der Waals surface area contributed by atoms with Crippen molar-refractivity contribution in [3.63, 3.8) is 0 Å². The lowest BCUT2D eigenvalue weighted by Crippen LogP contribution is -2.12. The van der Waals surface area contributed by atoms with E-state index >= 15 is 0 Å². The second-order valence-electron chi connectivity index (χ2n) is 0.991. The van der Waals surface area contributed by atoms with Gasteiger partial charge in [0.25, 0.3) is 0 Å². The minimum absolute atomic E-state index is 0.108. The lowest BCUT2D eigenvalue weighted by molar-refractivity contribution is 0.112. The van der Waals surface area contributed by atoms with Crippen LogP contribution in [-0.4, -0.2) is 28.8 Å². The molecule has 2 nitrogen and oxygen atoms in total. The first-order valence-electron chi connectivity index (χ1n) is 1.66. The molecular weight excluding hydrogens is 106 g/mol. The summed E-state index contributed by atoms with van der Waals surface area (Å²) in [4.78, 5) is 0. The van der Waals surface area contributed by atoms with Crippen LogP contribution in [0.25, 0.3) is 0 Å². The number of aliphatic hydroxyl groups excluding tert-OH is 2. The number of rotatable bonds is 2. The van der Waals surface area contributed by atoms with E-state index < -0.39 is 6.10 Å². The molecule has 1 atom stereocenters. The van der Waals surface area contributed by atoms with E-state index in [1.807, 2.05) is 0 Å². The Labute approximate surface area is 41.4 Å². The zero-order chi connectivity index (χ0) is 4.99. The highest BCUT2D eigenvalue weighted by molar-refractivity contribution is 6.18. The molecule has 0 rings (SSSR count). The molecule has 0 radical (unpaired) electrons. The molecule has 0 aliphatic carbocycles. The molecule has 0 fully saturated rings. The first-order chi connectivity index (χ1) is 2.81. The van der Waals surface area contributed by atoms with Crippen LogP contribution in [0.4, 0.5) is 0 Å². The Bertz CT molecular complexity index is 28.0. The van der Waals surface area contributed by atoms with Crippen LogP contribution in [0.3, 0.4) is 0 Å². The van der Waals surface area contributed by atoms with Crippen LogP contribution < -0.4 is 0 Å². The lowest BCUT2D eigenvalue weighted by Gasteiger charge is -1.95. The van der Waals surface area contributed by atoms with Crippen molar-refractivity contribution in [1.82, 2.24) is 0 Å². The molecule has 0 bridgehead atoms. The monoisotopic (exact) mass is 113 g/mol. The lowest BCUT2D eigenvalue weighted by atomic mass is 11.4. The van der Waals surface area contributed by atoms with E-state index in [1.165, 1.54) is 0 Å². The number of alkyl halides is 1. The Morgan fingerprint density at radius 1 is 1.67 bits per heavy atom. The standard InChI is InChI=1S/C3H7ClO2/c4-1-3(6)2-5/h3,5-6H,1-2H2/i1+1,2+1,3+1. The first-order valence-corrected chi connectivity index (χ1v) is 2.19. The summed E-state index contributed by atoms with van der Waals surface area (Å²) in [6.45, 7) is -0.247. The molecular formula is C3H7ClO2. The highest BCUT2D eigenvalue weighted by Gasteiger charge is 1.94. The van der Waals surface area contributed by atoms with Crippen molar-refractivity contribution in [2.75, 3.05) is 12.5 Å². The molecule has 0 amide bonds. The third-order valence-electron chi connectivity index (χ3n) is 0.389. The summed E-state index contributed by atoms with van der Waals surface area (Å²) < 4.78 is 0. The van der Waals surface area contributed by atoms with E-state index in [2.05, 4.69) is 0 Å². The molecule has 0 aromatic rings. The molecule has 0 aromatic carbocycles. The molecule has 0 spiro atoms. The van der Waals surface area contributed by atoms with Gasteiger partial charge in [-0.15, -0.1) is 11.6 Å². The van der Waals surface area contributed by atoms with Crippen LogP contribution in [0, 0.1) is 0 Å². The molecule has 38 valence electrons. The van der Waals surface area contributed by atoms with Gasteiger partial charge >= 0.3 is 0 Å². The molecule has 1 unspecified atom stereocenters. The van der Waals surface area contributed by atoms with Crippen molar-refractivity contribution in [2.24, 2.45) is 0 Å². The summed E-state index contributed by atoms with van der Waals surface area (Å²) in [5.74, 6) is 0.108. The van der Waals surface area contributed by atoms with Crippen LogP contribution in [0.15, 0.2) is 0 Å². The highest BCUT2D eigenvalue weighted by atomic mass is 35.5. The van der Waals surface area contributed by atoms with Crippen molar-refractivity contribution in [2.45, 2.75) is 6.10 Å². The molecule has 0 aromatic heterocycles. The number of aliphatic hydroxyl groups is 2. The maximum absolute atomic E-state index is 8.28. The number of hydrogen-bond acceptors (Lipinski definition) is 2. The summed E-state index contributed by atoms with van der Waals surface area (Å²) in [6.07, 6.45) is -0.744. The van der Waals surface area contributed by atoms with E-state index in [4.69, 9.17) is 21.8 Å². The van der Waals surface area contributed by atoms with Crippen LogP contribution in [0.5, 0.6) is 0 Å². The SMILES string of the molecule is O[13CH2][13CH](O)[13CH2]Cl. The van der Waals surface area contributed by atoms with Crippen LogP contribution >= 0.6 is 11.6 Å². The Balaban J connectivity index is 2.75. The van der Waals surface area contributed by atoms with Gasteiger partial charge in [-0.05, 0) is 0 Å². The normalized spacial score (nSPS) is 14.5. The van der Waals surface area contributed by atoms with Gasteiger partial charge in [0, 0.05) is 0 Å². The molecule has 3 heteroatoms. The summed E-state index contributed by atoms with van der Waals surface area (Å²) in [7, 11) is 0. The van der Waals surface area contributed by atoms with Crippen molar-refractivity contribution >= 4 is 11.6 Å². The molecule has 6 heavy (non-hydrogen) atoms. The molecule has 2 N–H and O–H groups in total. The molecule has 0 saturated carbocycles. The van der Waals surface area contributed by atoms with Gasteiger partial charge in [-0.25, -0.2) is 0 Å². The van der Waals surface area contributed by atoms with Gasteiger partial charge in [-0.1, -0.05) is 0 Å². The smallest absolute Gasteiger partial charge is 0.0905 e. The Hall–Kier alpha value is 0.210. The average Bonchev–Trinajstić information content (AvgIpc) is 1.65. The minimum Gasteiger partial charge on any atom is -0.394 e. The van der Waals surface area contributed by atoms with Gasteiger partial charge in [0.05, 0.1) is 18.6 Å². The number of hydrogen-bond donors (Lipinski definition) is 2. The van der Waals surface area contributed by atoms with Gasteiger partial charge in [0.15, 0.2) is 0 Å². The second kappa shape index (κ2) is 3.40. The van der Waals surface area contributed by atoms with Crippen molar-refractivity contribution < 1.29 is 10.2 Å². The van der Waals surface area contributed by atoms with Crippen LogP contribution in [0.1, 0.15) is 0 Å². The molecule has 0 aliphatic rings. The van der Waals surface area contributed by atoms with E-state index in [9.17, 15) is 0 Å². The van der Waals surface area contributed by atoms with E-state index in [0.29, 0.717) is 0 Å². The van der Waals surface area contributed by atoms with Gasteiger partial charge < -0.3 is 10.2 Å². The molecule has 0 heterocycles. The Kier molecular flexibility index (Phi) is 3.52. The molecule has 0 aliphatic heterocycles. The van der Waals surface area contributed by atoms with Gasteiger partial charge in [0.2, 0.25) is 0 Å². The van der Waals surface area contributed by atoms with Crippen molar-refractivity contribution in [3.8, 4) is 0 Å². The summed E-state index contributed by atoms with van der Waals surface area (Å²) in [5, 5.41) is 16.3. The predicted molar refractivity (Wildman–Crippen MR) is 23.8 cm³/mol. The number of halogens is 1. The van der Waals surface area contributed by atoms with Gasteiger partial charge in [-0.2, -0.15) is 0 Å². The van der Waals surface area contributed by atoms with Crippen LogP contribution in [0.2, 0.25) is 0 Å². The maximum Gasteiger partial charge on any atom is 0.0905 e. The van der Waals surface area contributed by atoms with Crippen molar-refractivity contribution in [3.05, 3.63) is 0 Å². The summed E-state index contributed by atoms with van der Waals surface area (Å²) >= 11 is 5.04. The van der Waals surface area contributed by atoms with Crippen LogP contribution in [-0.2, 0) is 0 Å². The summed E-state index contributed by atoms with van der Waals surface area (Å²) in [6, 6.07) is 0. The predicted octanol–water partition coefficient (Wildman–Crippen LogP) is -0.422. The third kappa shape index (κ3) is 2.45. The molecule has 0 saturated heterocycles. The van der Waals surface area contributed by atoms with E-state index in [1.54, 1.807) is 0 Å². The van der Waals surface area contributed by atoms with E-state index in [0.717, 1.165) is 0 Å².